The van der Waals surface area contributed by atoms with Gasteiger partial charge in [-0.15, -0.1) is 0 Å². The van der Waals surface area contributed by atoms with E-state index in [1.54, 1.807) is 10.9 Å². The van der Waals surface area contributed by atoms with Crippen LogP contribution < -0.4 is 5.32 Å². The predicted molar refractivity (Wildman–Crippen MR) is 97.5 cm³/mol. The number of carbonyl (C=O) groups excluding carboxylic acids is 1. The summed E-state index contributed by atoms with van der Waals surface area (Å²) >= 11 is 0. The van der Waals surface area contributed by atoms with Crippen LogP contribution in [0.1, 0.15) is 44.0 Å². The van der Waals surface area contributed by atoms with Crippen LogP contribution in [0.25, 0.3) is 5.69 Å². The van der Waals surface area contributed by atoms with E-state index >= 15 is 0 Å². The highest BCUT2D eigenvalue weighted by Gasteiger charge is 2.14. The Bertz CT molecular complexity index is 620. The Kier molecular flexibility index (Phi) is 7.00. The van der Waals surface area contributed by atoms with E-state index in [-0.39, 0.29) is 11.9 Å². The third-order valence-corrected chi connectivity index (χ3v) is 4.28. The molecule has 0 spiro atoms. The molecule has 0 aliphatic rings. The molecule has 24 heavy (non-hydrogen) atoms. The number of nitrogens with one attached hydrogen (secondary N) is 1. The monoisotopic (exact) mass is 328 g/mol. The van der Waals surface area contributed by atoms with Gasteiger partial charge in [-0.2, -0.15) is 5.10 Å². The summed E-state index contributed by atoms with van der Waals surface area (Å²) in [5.41, 5.74) is 1.45. The van der Waals surface area contributed by atoms with Crippen LogP contribution in [0.15, 0.2) is 42.7 Å². The number of benzene rings is 1. The summed E-state index contributed by atoms with van der Waals surface area (Å²) in [6.45, 7) is 9.67. The molecule has 0 bridgehead atoms. The van der Waals surface area contributed by atoms with Crippen molar-refractivity contribution in [2.75, 3.05) is 19.6 Å². The summed E-state index contributed by atoms with van der Waals surface area (Å²) in [7, 11) is 0. The lowest BCUT2D eigenvalue weighted by Crippen LogP contribution is -2.34. The predicted octanol–water partition coefficient (Wildman–Crippen LogP) is 3.11. The Labute approximate surface area is 144 Å². The van der Waals surface area contributed by atoms with Crippen LogP contribution >= 0.6 is 0 Å². The summed E-state index contributed by atoms with van der Waals surface area (Å²) in [6.07, 6.45) is 5.63. The van der Waals surface area contributed by atoms with Gasteiger partial charge in [-0.25, -0.2) is 4.68 Å². The van der Waals surface area contributed by atoms with Gasteiger partial charge in [0.1, 0.15) is 0 Å². The Balaban J connectivity index is 1.93. The van der Waals surface area contributed by atoms with Gasteiger partial charge in [-0.1, -0.05) is 26.0 Å². The van der Waals surface area contributed by atoms with E-state index in [2.05, 4.69) is 36.1 Å². The standard InChI is InChI=1S/C19H28N4O/c1-4-22(5-2)14-8-10-16(3)21-19(24)17-11-6-7-12-18(17)23-15-9-13-20-23/h6-7,9,11-13,15-16H,4-5,8,10,14H2,1-3H3,(H,21,24)/t16-/m1/s1. The van der Waals surface area contributed by atoms with E-state index in [9.17, 15) is 4.79 Å². The molecule has 0 aliphatic carbocycles. The minimum absolute atomic E-state index is 0.0450. The molecule has 0 radical (unpaired) electrons. The molecule has 1 heterocycles. The topological polar surface area (TPSA) is 50.2 Å². The number of amides is 1. The van der Waals surface area contributed by atoms with Crippen LogP contribution in [-0.4, -0.2) is 46.3 Å². The third-order valence-electron chi connectivity index (χ3n) is 4.28. The Hall–Kier alpha value is -2.14. The van der Waals surface area contributed by atoms with Gasteiger partial charge in [0.25, 0.3) is 5.91 Å². The van der Waals surface area contributed by atoms with E-state index in [0.29, 0.717) is 5.56 Å². The molecule has 0 aliphatic heterocycles. The second-order valence-corrected chi connectivity index (χ2v) is 6.01. The molecule has 130 valence electrons. The first-order chi connectivity index (χ1) is 11.7. The average Bonchev–Trinajstić information content (AvgIpc) is 3.13. The normalized spacial score (nSPS) is 12.3. The second kappa shape index (κ2) is 9.23. The number of hydrogen-bond acceptors (Lipinski definition) is 3. The van der Waals surface area contributed by atoms with Crippen molar-refractivity contribution in [2.24, 2.45) is 0 Å². The van der Waals surface area contributed by atoms with E-state index in [1.165, 1.54) is 0 Å². The van der Waals surface area contributed by atoms with Crippen LogP contribution in [-0.2, 0) is 0 Å². The molecule has 1 amide bonds. The van der Waals surface area contributed by atoms with Crippen molar-refractivity contribution in [2.45, 2.75) is 39.7 Å². The fourth-order valence-corrected chi connectivity index (χ4v) is 2.81. The number of hydrogen-bond donors (Lipinski definition) is 1. The zero-order chi connectivity index (χ0) is 17.4. The fourth-order valence-electron chi connectivity index (χ4n) is 2.81. The highest BCUT2D eigenvalue weighted by atomic mass is 16.1. The lowest BCUT2D eigenvalue weighted by molar-refractivity contribution is 0.0937. The smallest absolute Gasteiger partial charge is 0.253 e. The van der Waals surface area contributed by atoms with Crippen LogP contribution in [0.2, 0.25) is 0 Å². The van der Waals surface area contributed by atoms with Crippen molar-refractivity contribution in [1.29, 1.82) is 0 Å². The number of aromatic nitrogens is 2. The maximum absolute atomic E-state index is 12.6. The van der Waals surface area contributed by atoms with Crippen molar-refractivity contribution in [3.63, 3.8) is 0 Å². The van der Waals surface area contributed by atoms with E-state index in [1.807, 2.05) is 36.5 Å². The summed E-state index contributed by atoms with van der Waals surface area (Å²) in [4.78, 5) is 15.0. The minimum Gasteiger partial charge on any atom is -0.350 e. The van der Waals surface area contributed by atoms with Gasteiger partial charge in [0, 0.05) is 18.4 Å². The third kappa shape index (κ3) is 4.93. The Morgan fingerprint density at radius 3 is 2.67 bits per heavy atom. The maximum atomic E-state index is 12.6. The van der Waals surface area contributed by atoms with E-state index < -0.39 is 0 Å². The molecular formula is C19H28N4O. The first-order valence-electron chi connectivity index (χ1n) is 8.78. The second-order valence-electron chi connectivity index (χ2n) is 6.01. The molecule has 2 rings (SSSR count). The van der Waals surface area contributed by atoms with Crippen molar-refractivity contribution in [3.05, 3.63) is 48.3 Å². The minimum atomic E-state index is -0.0450. The summed E-state index contributed by atoms with van der Waals surface area (Å²) in [6, 6.07) is 9.56. The summed E-state index contributed by atoms with van der Waals surface area (Å²) in [5.74, 6) is -0.0450. The van der Waals surface area contributed by atoms with Gasteiger partial charge < -0.3 is 10.2 Å². The zero-order valence-corrected chi connectivity index (χ0v) is 14.9. The largest absolute Gasteiger partial charge is 0.350 e. The van der Waals surface area contributed by atoms with Gasteiger partial charge in [0.2, 0.25) is 0 Å². The molecule has 1 aromatic carbocycles. The van der Waals surface area contributed by atoms with Crippen molar-refractivity contribution in [3.8, 4) is 5.69 Å². The molecule has 0 unspecified atom stereocenters. The lowest BCUT2D eigenvalue weighted by Gasteiger charge is -2.20. The molecule has 1 aromatic heterocycles. The Morgan fingerprint density at radius 2 is 2.00 bits per heavy atom. The van der Waals surface area contributed by atoms with Gasteiger partial charge in [-0.05, 0) is 57.6 Å². The quantitative estimate of drug-likeness (QED) is 0.769. The highest BCUT2D eigenvalue weighted by molar-refractivity contribution is 5.97. The molecule has 1 N–H and O–H groups in total. The first-order valence-corrected chi connectivity index (χ1v) is 8.78. The molecule has 0 fully saturated rings. The van der Waals surface area contributed by atoms with Crippen LogP contribution in [0.5, 0.6) is 0 Å². The lowest BCUT2D eigenvalue weighted by atomic mass is 10.1. The molecule has 2 aromatic rings. The SMILES string of the molecule is CCN(CC)CCC[C@@H](C)NC(=O)c1ccccc1-n1cccn1. The van der Waals surface area contributed by atoms with Gasteiger partial charge in [0.05, 0.1) is 11.3 Å². The maximum Gasteiger partial charge on any atom is 0.253 e. The van der Waals surface area contributed by atoms with Gasteiger partial charge in [0.15, 0.2) is 0 Å². The van der Waals surface area contributed by atoms with Gasteiger partial charge in [-0.3, -0.25) is 4.79 Å². The Morgan fingerprint density at radius 1 is 1.25 bits per heavy atom. The van der Waals surface area contributed by atoms with Crippen LogP contribution in [0, 0.1) is 0 Å². The molecular weight excluding hydrogens is 300 g/mol. The number of carbonyl (C=O) groups is 1. The number of nitrogens with zero attached hydrogens (tertiary/aromatic N) is 3. The van der Waals surface area contributed by atoms with E-state index in [0.717, 1.165) is 38.2 Å². The molecule has 5 heteroatoms. The van der Waals surface area contributed by atoms with Crippen molar-refractivity contribution in [1.82, 2.24) is 20.0 Å². The van der Waals surface area contributed by atoms with Crippen molar-refractivity contribution >= 4 is 5.91 Å². The number of para-hydroxylation sites is 1. The highest BCUT2D eigenvalue weighted by Crippen LogP contribution is 2.14. The van der Waals surface area contributed by atoms with Crippen LogP contribution in [0.3, 0.4) is 0 Å². The van der Waals surface area contributed by atoms with Crippen LogP contribution in [0.4, 0.5) is 0 Å². The first kappa shape index (κ1) is 18.2. The molecule has 0 saturated heterocycles. The van der Waals surface area contributed by atoms with Crippen molar-refractivity contribution < 1.29 is 4.79 Å². The summed E-state index contributed by atoms with van der Waals surface area (Å²) < 4.78 is 1.72. The zero-order valence-electron chi connectivity index (χ0n) is 14.9. The molecule has 1 atom stereocenters. The molecule has 0 saturated carbocycles. The van der Waals surface area contributed by atoms with E-state index in [4.69, 9.17) is 0 Å². The number of rotatable bonds is 9. The van der Waals surface area contributed by atoms with Gasteiger partial charge >= 0.3 is 0 Å². The summed E-state index contributed by atoms with van der Waals surface area (Å²) in [5, 5.41) is 7.34. The fraction of sp³-hybridized carbons (Fsp3) is 0.474. The molecule has 5 nitrogen and oxygen atoms in total. The average molecular weight is 328 g/mol.